The largest absolute Gasteiger partial charge is 0.480 e. The average molecular weight is 600 g/mol. The van der Waals surface area contributed by atoms with Crippen molar-refractivity contribution >= 4 is 38.4 Å². The van der Waals surface area contributed by atoms with Crippen LogP contribution in [0.4, 0.5) is 18.9 Å². The summed E-state index contributed by atoms with van der Waals surface area (Å²) < 4.78 is 70.0. The van der Waals surface area contributed by atoms with Crippen molar-refractivity contribution in [2.75, 3.05) is 18.9 Å². The highest BCUT2D eigenvalue weighted by atomic mass is 32.2. The van der Waals surface area contributed by atoms with Crippen molar-refractivity contribution in [2.24, 2.45) is 0 Å². The Morgan fingerprint density at radius 2 is 1.69 bits per heavy atom. The number of carboxylic acid groups (broad SMARTS) is 1. The van der Waals surface area contributed by atoms with E-state index < -0.39 is 50.9 Å². The molecule has 3 aromatic carbocycles. The number of benzene rings is 3. The second-order valence-electron chi connectivity index (χ2n) is 9.95. The molecule has 5 rings (SSSR count). The quantitative estimate of drug-likeness (QED) is 0.348. The number of hydrogen-bond acceptors (Lipinski definition) is 5. The molecule has 1 aliphatic heterocycles. The molecule has 2 N–H and O–H groups in total. The van der Waals surface area contributed by atoms with Crippen molar-refractivity contribution in [3.63, 3.8) is 0 Å². The highest BCUT2D eigenvalue weighted by molar-refractivity contribution is 7.89. The Balaban J connectivity index is 1.85. The number of nitrogens with one attached hydrogen (secondary N) is 1. The Hall–Kier alpha value is -4.49. The van der Waals surface area contributed by atoms with Gasteiger partial charge in [0.15, 0.2) is 5.03 Å². The maximum atomic E-state index is 13.7. The molecule has 1 unspecified atom stereocenters. The summed E-state index contributed by atoms with van der Waals surface area (Å²) in [5.74, 6) is -1.77. The van der Waals surface area contributed by atoms with E-state index in [-0.39, 0.29) is 29.0 Å². The van der Waals surface area contributed by atoms with Gasteiger partial charge in [0.05, 0.1) is 5.56 Å². The van der Waals surface area contributed by atoms with E-state index in [0.29, 0.717) is 26.6 Å². The topological polar surface area (TPSA) is 126 Å². The first-order valence-electron chi connectivity index (χ1n) is 12.6. The zero-order chi connectivity index (χ0) is 30.6. The number of amides is 1. The maximum Gasteiger partial charge on any atom is 0.416 e. The van der Waals surface area contributed by atoms with Gasteiger partial charge in [0.1, 0.15) is 6.04 Å². The minimum Gasteiger partial charge on any atom is -0.480 e. The molecule has 0 aliphatic carbocycles. The summed E-state index contributed by atoms with van der Waals surface area (Å²) in [6.07, 6.45) is -4.84. The average Bonchev–Trinajstić information content (AvgIpc) is 2.91. The van der Waals surface area contributed by atoms with Crippen LogP contribution in [0.5, 0.6) is 0 Å². The molecule has 4 aromatic rings. The first-order valence-corrected chi connectivity index (χ1v) is 14.1. The number of aliphatic carboxylic acids is 1. The summed E-state index contributed by atoms with van der Waals surface area (Å²) >= 11 is 0. The Morgan fingerprint density at radius 1 is 1.00 bits per heavy atom. The lowest BCUT2D eigenvalue weighted by Gasteiger charge is -2.33. The van der Waals surface area contributed by atoms with Crippen molar-refractivity contribution in [3.05, 3.63) is 93.8 Å². The van der Waals surface area contributed by atoms with Gasteiger partial charge in [-0.3, -0.25) is 14.2 Å². The van der Waals surface area contributed by atoms with E-state index in [1.165, 1.54) is 13.0 Å². The molecule has 218 valence electrons. The number of rotatable bonds is 5. The summed E-state index contributed by atoms with van der Waals surface area (Å²) in [6.45, 7) is 0.813. The van der Waals surface area contributed by atoms with Crippen LogP contribution in [0, 0.1) is 0 Å². The fraction of sp³-hybridized carbons (Fsp3) is 0.207. The van der Waals surface area contributed by atoms with E-state index in [0.717, 1.165) is 35.6 Å². The molecule has 13 heteroatoms. The molecule has 0 saturated heterocycles. The highest BCUT2D eigenvalue weighted by Gasteiger charge is 2.42. The number of carbonyl (C=O) groups excluding carboxylic acids is 1. The molecule has 1 aromatic heterocycles. The van der Waals surface area contributed by atoms with Crippen molar-refractivity contribution in [1.29, 1.82) is 0 Å². The number of fused-ring (bicyclic) bond motifs is 2. The Bertz CT molecular complexity index is 1940. The van der Waals surface area contributed by atoms with Gasteiger partial charge in [-0.15, -0.1) is 0 Å². The molecule has 2 heterocycles. The van der Waals surface area contributed by atoms with Gasteiger partial charge in [-0.1, -0.05) is 42.5 Å². The number of hydrogen-bond donors (Lipinski definition) is 2. The number of nitrogens with zero attached hydrogens (tertiary/aromatic N) is 2. The summed E-state index contributed by atoms with van der Waals surface area (Å²) in [5, 5.41) is 13.2. The lowest BCUT2D eigenvalue weighted by Crippen LogP contribution is -2.48. The fourth-order valence-electron chi connectivity index (χ4n) is 5.28. The smallest absolute Gasteiger partial charge is 0.416 e. The van der Waals surface area contributed by atoms with Crippen LogP contribution >= 0.6 is 0 Å². The van der Waals surface area contributed by atoms with Crippen LogP contribution < -0.4 is 10.9 Å². The van der Waals surface area contributed by atoms with E-state index in [1.54, 1.807) is 36.4 Å². The second-order valence-corrected chi connectivity index (χ2v) is 11.9. The van der Waals surface area contributed by atoms with Gasteiger partial charge in [0.25, 0.3) is 15.6 Å². The summed E-state index contributed by atoms with van der Waals surface area (Å²) in [5.41, 5.74) is -1.12. The summed E-state index contributed by atoms with van der Waals surface area (Å²) in [6, 6.07) is 13.8. The normalized spacial score (nSPS) is 16.6. The van der Waals surface area contributed by atoms with Gasteiger partial charge in [0.2, 0.25) is 5.91 Å². The SMILES string of the molecule is CC(=O)Nc1ccc(Cc2cc(=O)n3c(c2-c2cccc(C(F)(F)F)c2)S(=O)(=O)N(C)CC3C(=O)O)c2ccccc12. The molecular weight excluding hydrogens is 575 g/mol. The van der Waals surface area contributed by atoms with Gasteiger partial charge in [0, 0.05) is 43.2 Å². The maximum absolute atomic E-state index is 13.7. The Morgan fingerprint density at radius 3 is 2.33 bits per heavy atom. The Kier molecular flexibility index (Phi) is 7.19. The molecule has 0 bridgehead atoms. The number of pyridine rings is 1. The van der Waals surface area contributed by atoms with E-state index in [2.05, 4.69) is 5.32 Å². The third-order valence-corrected chi connectivity index (χ3v) is 9.01. The number of aromatic nitrogens is 1. The number of carboxylic acids is 1. The monoisotopic (exact) mass is 599 g/mol. The van der Waals surface area contributed by atoms with Crippen molar-refractivity contribution in [3.8, 4) is 11.1 Å². The van der Waals surface area contributed by atoms with Crippen LogP contribution in [0.2, 0.25) is 0 Å². The van der Waals surface area contributed by atoms with Gasteiger partial charge >= 0.3 is 12.1 Å². The first kappa shape index (κ1) is 29.0. The van der Waals surface area contributed by atoms with Gasteiger partial charge in [-0.2, -0.15) is 17.5 Å². The number of halogens is 3. The molecule has 0 spiro atoms. The standard InChI is InChI=1S/C29H24F3N3O6S/c1-16(36)33-23-11-10-17(21-8-3-4-9-22(21)23)12-19-14-25(37)35-24(28(38)39)15-34(2)42(40,41)27(35)26(19)18-6-5-7-20(13-18)29(30,31)32/h3-11,13-14,24H,12,15H2,1-2H3,(H,33,36)(H,38,39). The van der Waals surface area contributed by atoms with Crippen LogP contribution in [-0.2, 0) is 32.2 Å². The molecule has 42 heavy (non-hydrogen) atoms. The number of anilines is 1. The predicted molar refractivity (Wildman–Crippen MR) is 149 cm³/mol. The number of alkyl halides is 3. The van der Waals surface area contributed by atoms with Crippen LogP contribution in [-0.4, -0.2) is 47.9 Å². The number of likely N-dealkylation sites (N-methyl/N-ethyl adjacent to an activating group) is 1. The second kappa shape index (κ2) is 10.4. The van der Waals surface area contributed by atoms with Crippen LogP contribution in [0.25, 0.3) is 21.9 Å². The minimum atomic E-state index is -4.75. The first-order chi connectivity index (χ1) is 19.7. The molecular formula is C29H24F3N3O6S. The van der Waals surface area contributed by atoms with E-state index in [9.17, 15) is 41.1 Å². The lowest BCUT2D eigenvalue weighted by molar-refractivity contribution is -0.141. The Labute approximate surface area is 237 Å². The van der Waals surface area contributed by atoms with Gasteiger partial charge < -0.3 is 10.4 Å². The highest BCUT2D eigenvalue weighted by Crippen LogP contribution is 2.40. The molecule has 0 saturated carbocycles. The number of sulfonamides is 1. The molecule has 1 aliphatic rings. The van der Waals surface area contributed by atoms with Crippen molar-refractivity contribution in [2.45, 2.75) is 30.6 Å². The van der Waals surface area contributed by atoms with E-state index in [4.69, 9.17) is 0 Å². The van der Waals surface area contributed by atoms with Crippen molar-refractivity contribution in [1.82, 2.24) is 8.87 Å². The molecule has 0 radical (unpaired) electrons. The number of carbonyl (C=O) groups is 2. The zero-order valence-electron chi connectivity index (χ0n) is 22.3. The lowest BCUT2D eigenvalue weighted by atomic mass is 9.92. The molecule has 9 nitrogen and oxygen atoms in total. The van der Waals surface area contributed by atoms with Crippen molar-refractivity contribution < 1.29 is 36.3 Å². The zero-order valence-corrected chi connectivity index (χ0v) is 23.1. The summed E-state index contributed by atoms with van der Waals surface area (Å²) in [7, 11) is -3.36. The van der Waals surface area contributed by atoms with Gasteiger partial charge in [-0.25, -0.2) is 13.2 Å². The minimum absolute atomic E-state index is 0.0889. The third kappa shape index (κ3) is 5.05. The van der Waals surface area contributed by atoms with E-state index >= 15 is 0 Å². The molecule has 1 amide bonds. The van der Waals surface area contributed by atoms with Gasteiger partial charge in [-0.05, 0) is 46.7 Å². The van der Waals surface area contributed by atoms with Crippen LogP contribution in [0.1, 0.15) is 29.7 Å². The molecule has 0 fully saturated rings. The summed E-state index contributed by atoms with van der Waals surface area (Å²) in [4.78, 5) is 37.3. The predicted octanol–water partition coefficient (Wildman–Crippen LogP) is 4.50. The fourth-order valence-corrected chi connectivity index (χ4v) is 6.88. The third-order valence-electron chi connectivity index (χ3n) is 7.15. The van der Waals surface area contributed by atoms with E-state index in [1.807, 2.05) is 0 Å². The molecule has 1 atom stereocenters. The van der Waals surface area contributed by atoms with Crippen LogP contribution in [0.3, 0.4) is 0 Å². The van der Waals surface area contributed by atoms with Crippen LogP contribution in [0.15, 0.2) is 76.6 Å².